The zero-order chi connectivity index (χ0) is 12.0. The van der Waals surface area contributed by atoms with E-state index in [0.717, 1.165) is 19.4 Å². The highest BCUT2D eigenvalue weighted by molar-refractivity contribution is 5.77. The van der Waals surface area contributed by atoms with Crippen LogP contribution in [-0.2, 0) is 14.3 Å². The number of methoxy groups -OCH3 is 1. The first-order valence-electron chi connectivity index (χ1n) is 5.66. The Hall–Kier alpha value is -1.10. The normalized spacial score (nSPS) is 20.8. The van der Waals surface area contributed by atoms with E-state index in [4.69, 9.17) is 9.84 Å². The van der Waals surface area contributed by atoms with Crippen molar-refractivity contribution in [1.82, 2.24) is 4.90 Å². The number of carbonyl (C=O) groups excluding carboxylic acids is 1. The van der Waals surface area contributed by atoms with Crippen LogP contribution in [0.25, 0.3) is 0 Å². The molecule has 5 nitrogen and oxygen atoms in total. The van der Waals surface area contributed by atoms with Gasteiger partial charge < -0.3 is 14.7 Å². The fourth-order valence-electron chi connectivity index (χ4n) is 1.91. The Morgan fingerprint density at radius 1 is 1.44 bits per heavy atom. The number of carboxylic acids is 1. The molecule has 1 atom stereocenters. The third-order valence-electron chi connectivity index (χ3n) is 2.85. The minimum absolute atomic E-state index is 0.0444. The molecule has 1 fully saturated rings. The van der Waals surface area contributed by atoms with Crippen LogP contribution in [0.2, 0.25) is 0 Å². The number of ether oxygens (including phenoxy) is 1. The van der Waals surface area contributed by atoms with Crippen molar-refractivity contribution < 1.29 is 19.4 Å². The molecule has 1 rings (SSSR count). The lowest BCUT2D eigenvalue weighted by atomic mass is 10.1. The molecule has 1 heterocycles. The molecule has 0 spiro atoms. The second-order valence-corrected chi connectivity index (χ2v) is 4.09. The second kappa shape index (κ2) is 6.48. The van der Waals surface area contributed by atoms with Gasteiger partial charge in [-0.3, -0.25) is 9.59 Å². The van der Waals surface area contributed by atoms with Gasteiger partial charge in [0.1, 0.15) is 0 Å². The Morgan fingerprint density at radius 3 is 2.81 bits per heavy atom. The van der Waals surface area contributed by atoms with Gasteiger partial charge in [0.05, 0.1) is 6.10 Å². The molecule has 92 valence electrons. The molecular weight excluding hydrogens is 210 g/mol. The molecule has 5 heteroatoms. The van der Waals surface area contributed by atoms with Crippen LogP contribution in [0.5, 0.6) is 0 Å². The van der Waals surface area contributed by atoms with Crippen molar-refractivity contribution in [3.8, 4) is 0 Å². The number of nitrogens with zero attached hydrogens (tertiary/aromatic N) is 1. The number of piperidine rings is 1. The van der Waals surface area contributed by atoms with Crippen molar-refractivity contribution in [3.05, 3.63) is 0 Å². The zero-order valence-electron chi connectivity index (χ0n) is 9.65. The summed E-state index contributed by atoms with van der Waals surface area (Å²) in [6.07, 6.45) is 2.90. The molecule has 1 amide bonds. The van der Waals surface area contributed by atoms with E-state index in [0.29, 0.717) is 19.4 Å². The van der Waals surface area contributed by atoms with E-state index < -0.39 is 5.97 Å². The van der Waals surface area contributed by atoms with E-state index in [2.05, 4.69) is 0 Å². The van der Waals surface area contributed by atoms with Gasteiger partial charge >= 0.3 is 5.97 Å². The molecular formula is C11H19NO4. The van der Waals surface area contributed by atoms with Crippen molar-refractivity contribution in [3.63, 3.8) is 0 Å². The molecule has 0 radical (unpaired) electrons. The summed E-state index contributed by atoms with van der Waals surface area (Å²) in [5.41, 5.74) is 0. The highest BCUT2D eigenvalue weighted by Gasteiger charge is 2.22. The summed E-state index contributed by atoms with van der Waals surface area (Å²) < 4.78 is 5.23. The number of hydrogen-bond acceptors (Lipinski definition) is 3. The first-order chi connectivity index (χ1) is 7.63. The Bertz CT molecular complexity index is 254. The van der Waals surface area contributed by atoms with Gasteiger partial charge in [-0.1, -0.05) is 0 Å². The first kappa shape index (κ1) is 13.0. The minimum Gasteiger partial charge on any atom is -0.481 e. The Kier molecular flexibility index (Phi) is 5.25. The maximum atomic E-state index is 11.7. The van der Waals surface area contributed by atoms with Crippen molar-refractivity contribution >= 4 is 11.9 Å². The highest BCUT2D eigenvalue weighted by Crippen LogP contribution is 2.14. The fraction of sp³-hybridized carbons (Fsp3) is 0.818. The molecule has 1 saturated heterocycles. The molecule has 0 saturated carbocycles. The number of carboxylic acid groups (broad SMARTS) is 1. The van der Waals surface area contributed by atoms with Crippen LogP contribution in [0.3, 0.4) is 0 Å². The summed E-state index contributed by atoms with van der Waals surface area (Å²) in [5, 5.41) is 8.47. The molecule has 1 aliphatic heterocycles. The van der Waals surface area contributed by atoms with Gasteiger partial charge in [0.2, 0.25) is 5.91 Å². The van der Waals surface area contributed by atoms with E-state index >= 15 is 0 Å². The Labute approximate surface area is 95.4 Å². The lowest BCUT2D eigenvalue weighted by Crippen LogP contribution is -2.42. The molecule has 1 unspecified atom stereocenters. The van der Waals surface area contributed by atoms with Crippen LogP contribution in [0, 0.1) is 0 Å². The van der Waals surface area contributed by atoms with E-state index in [-0.39, 0.29) is 18.4 Å². The smallest absolute Gasteiger partial charge is 0.303 e. The molecule has 1 N–H and O–H groups in total. The monoisotopic (exact) mass is 229 g/mol. The minimum atomic E-state index is -0.846. The first-order valence-corrected chi connectivity index (χ1v) is 5.66. The standard InChI is InChI=1S/C11H19NO4/c1-16-9-4-3-7-12(8-9)10(13)5-2-6-11(14)15/h9H,2-8H2,1H3,(H,14,15). The van der Waals surface area contributed by atoms with Crippen molar-refractivity contribution in [2.75, 3.05) is 20.2 Å². The van der Waals surface area contributed by atoms with Crippen LogP contribution >= 0.6 is 0 Å². The molecule has 0 aliphatic carbocycles. The Balaban J connectivity index is 2.27. The van der Waals surface area contributed by atoms with Gasteiger partial charge in [-0.25, -0.2) is 0 Å². The summed E-state index contributed by atoms with van der Waals surface area (Å²) in [6.45, 7) is 1.41. The molecule has 0 aromatic heterocycles. The van der Waals surface area contributed by atoms with Gasteiger partial charge in [0.15, 0.2) is 0 Å². The summed E-state index contributed by atoms with van der Waals surface area (Å²) >= 11 is 0. The van der Waals surface area contributed by atoms with E-state index in [1.165, 1.54) is 0 Å². The zero-order valence-corrected chi connectivity index (χ0v) is 9.65. The number of amides is 1. The second-order valence-electron chi connectivity index (χ2n) is 4.09. The number of rotatable bonds is 5. The summed E-state index contributed by atoms with van der Waals surface area (Å²) in [4.78, 5) is 23.8. The van der Waals surface area contributed by atoms with Gasteiger partial charge in [0.25, 0.3) is 0 Å². The predicted octanol–water partition coefficient (Wildman–Crippen LogP) is 0.879. The molecule has 16 heavy (non-hydrogen) atoms. The van der Waals surface area contributed by atoms with Gasteiger partial charge in [-0.2, -0.15) is 0 Å². The van der Waals surface area contributed by atoms with Crippen LogP contribution in [0.1, 0.15) is 32.1 Å². The summed E-state index contributed by atoms with van der Waals surface area (Å²) in [6, 6.07) is 0. The SMILES string of the molecule is COC1CCCN(C(=O)CCCC(=O)O)C1. The van der Waals surface area contributed by atoms with Crippen LogP contribution in [-0.4, -0.2) is 48.2 Å². The van der Waals surface area contributed by atoms with Crippen LogP contribution in [0.4, 0.5) is 0 Å². The predicted molar refractivity (Wildman–Crippen MR) is 58.1 cm³/mol. The van der Waals surface area contributed by atoms with E-state index in [1.807, 2.05) is 0 Å². The molecule has 0 aromatic rings. The summed E-state index contributed by atoms with van der Waals surface area (Å²) in [5.74, 6) is -0.802. The maximum Gasteiger partial charge on any atom is 0.303 e. The quantitative estimate of drug-likeness (QED) is 0.760. The van der Waals surface area contributed by atoms with Gasteiger partial charge in [-0.15, -0.1) is 0 Å². The molecule has 0 aromatic carbocycles. The van der Waals surface area contributed by atoms with Crippen molar-refractivity contribution in [2.45, 2.75) is 38.2 Å². The van der Waals surface area contributed by atoms with E-state index in [9.17, 15) is 9.59 Å². The average Bonchev–Trinajstić information content (AvgIpc) is 2.28. The lowest BCUT2D eigenvalue weighted by molar-refractivity contribution is -0.137. The Morgan fingerprint density at radius 2 is 2.19 bits per heavy atom. The van der Waals surface area contributed by atoms with Crippen LogP contribution in [0.15, 0.2) is 0 Å². The number of carbonyl (C=O) groups is 2. The third-order valence-corrected chi connectivity index (χ3v) is 2.85. The van der Waals surface area contributed by atoms with E-state index in [1.54, 1.807) is 12.0 Å². The van der Waals surface area contributed by atoms with Crippen LogP contribution < -0.4 is 0 Å². The number of aliphatic carboxylic acids is 1. The largest absolute Gasteiger partial charge is 0.481 e. The topological polar surface area (TPSA) is 66.8 Å². The number of likely N-dealkylation sites (tertiary alicyclic amines) is 1. The highest BCUT2D eigenvalue weighted by atomic mass is 16.5. The lowest BCUT2D eigenvalue weighted by Gasteiger charge is -2.32. The average molecular weight is 229 g/mol. The summed E-state index contributed by atoms with van der Waals surface area (Å²) in [7, 11) is 1.66. The van der Waals surface area contributed by atoms with Gasteiger partial charge in [-0.05, 0) is 19.3 Å². The number of hydrogen-bond donors (Lipinski definition) is 1. The molecule has 0 bridgehead atoms. The van der Waals surface area contributed by atoms with Gasteiger partial charge in [0, 0.05) is 33.0 Å². The fourth-order valence-corrected chi connectivity index (χ4v) is 1.91. The van der Waals surface area contributed by atoms with Crippen molar-refractivity contribution in [2.24, 2.45) is 0 Å². The van der Waals surface area contributed by atoms with Crippen molar-refractivity contribution in [1.29, 1.82) is 0 Å². The maximum absolute atomic E-state index is 11.7. The third kappa shape index (κ3) is 4.18. The molecule has 1 aliphatic rings.